The SMILES string of the molecule is COc1ccc(C2N[C@H](C(=O)O)Cc3c2n(C)c2ccccc32)cc1CCl. The first-order valence-electron chi connectivity index (χ1n) is 8.83. The van der Waals surface area contributed by atoms with Crippen molar-refractivity contribution in [3.8, 4) is 5.75 Å². The highest BCUT2D eigenvalue weighted by molar-refractivity contribution is 6.17. The molecule has 0 radical (unpaired) electrons. The highest BCUT2D eigenvalue weighted by Gasteiger charge is 2.35. The van der Waals surface area contributed by atoms with Crippen LogP contribution >= 0.6 is 11.6 Å². The number of fused-ring (bicyclic) bond motifs is 3. The molecule has 0 spiro atoms. The number of benzene rings is 2. The summed E-state index contributed by atoms with van der Waals surface area (Å²) >= 11 is 6.10. The summed E-state index contributed by atoms with van der Waals surface area (Å²) in [6, 6.07) is 13.1. The van der Waals surface area contributed by atoms with Crippen LogP contribution in [0.15, 0.2) is 42.5 Å². The summed E-state index contributed by atoms with van der Waals surface area (Å²) in [6.45, 7) is 0. The highest BCUT2D eigenvalue weighted by atomic mass is 35.5. The molecule has 1 unspecified atom stereocenters. The Morgan fingerprint density at radius 1 is 1.33 bits per heavy atom. The molecule has 2 heterocycles. The Labute approximate surface area is 162 Å². The predicted octanol–water partition coefficient (Wildman–Crippen LogP) is 3.61. The van der Waals surface area contributed by atoms with Crippen LogP contribution in [0, 0.1) is 0 Å². The fraction of sp³-hybridized carbons (Fsp3) is 0.286. The van der Waals surface area contributed by atoms with Gasteiger partial charge < -0.3 is 14.4 Å². The molecule has 2 aromatic carbocycles. The zero-order chi connectivity index (χ0) is 19.1. The number of carboxylic acid groups (broad SMARTS) is 1. The van der Waals surface area contributed by atoms with Gasteiger partial charge in [0.25, 0.3) is 0 Å². The number of nitrogens with zero attached hydrogens (tertiary/aromatic N) is 1. The maximum Gasteiger partial charge on any atom is 0.321 e. The van der Waals surface area contributed by atoms with Gasteiger partial charge >= 0.3 is 5.97 Å². The largest absolute Gasteiger partial charge is 0.496 e. The highest BCUT2D eigenvalue weighted by Crippen LogP contribution is 2.38. The molecule has 1 aliphatic rings. The van der Waals surface area contributed by atoms with Gasteiger partial charge in [-0.15, -0.1) is 11.6 Å². The van der Waals surface area contributed by atoms with E-state index in [0.29, 0.717) is 12.3 Å². The number of methoxy groups -OCH3 is 1. The fourth-order valence-electron chi connectivity index (χ4n) is 4.11. The normalized spacial score (nSPS) is 19.1. The summed E-state index contributed by atoms with van der Waals surface area (Å²) in [5.74, 6) is 0.218. The number of alkyl halides is 1. The zero-order valence-electron chi connectivity index (χ0n) is 15.2. The van der Waals surface area contributed by atoms with Crippen molar-refractivity contribution in [3.63, 3.8) is 0 Å². The number of carbonyl (C=O) groups is 1. The van der Waals surface area contributed by atoms with Crippen molar-refractivity contribution in [1.29, 1.82) is 0 Å². The van der Waals surface area contributed by atoms with Gasteiger partial charge in [-0.3, -0.25) is 10.1 Å². The third-order valence-electron chi connectivity index (χ3n) is 5.39. The second kappa shape index (κ2) is 6.91. The molecule has 5 nitrogen and oxygen atoms in total. The van der Waals surface area contributed by atoms with Gasteiger partial charge in [0, 0.05) is 35.6 Å². The van der Waals surface area contributed by atoms with Crippen molar-refractivity contribution >= 4 is 28.5 Å². The maximum atomic E-state index is 11.8. The number of hydrogen-bond acceptors (Lipinski definition) is 3. The number of aryl methyl sites for hydroxylation is 1. The van der Waals surface area contributed by atoms with Crippen LogP contribution in [0.3, 0.4) is 0 Å². The summed E-state index contributed by atoms with van der Waals surface area (Å²) in [5.41, 5.74) is 5.15. The van der Waals surface area contributed by atoms with E-state index in [1.165, 1.54) is 0 Å². The molecule has 1 aliphatic heterocycles. The van der Waals surface area contributed by atoms with Gasteiger partial charge in [-0.25, -0.2) is 0 Å². The number of carboxylic acids is 1. The van der Waals surface area contributed by atoms with Gasteiger partial charge in [0.2, 0.25) is 0 Å². The average Bonchev–Trinajstić information content (AvgIpc) is 2.99. The van der Waals surface area contributed by atoms with E-state index in [4.69, 9.17) is 16.3 Å². The van der Waals surface area contributed by atoms with Gasteiger partial charge in [0.15, 0.2) is 0 Å². The molecular weight excluding hydrogens is 364 g/mol. The van der Waals surface area contributed by atoms with E-state index in [-0.39, 0.29) is 6.04 Å². The van der Waals surface area contributed by atoms with E-state index in [0.717, 1.165) is 39.0 Å². The minimum absolute atomic E-state index is 0.236. The first-order valence-corrected chi connectivity index (χ1v) is 9.36. The predicted molar refractivity (Wildman–Crippen MR) is 106 cm³/mol. The molecule has 27 heavy (non-hydrogen) atoms. The minimum atomic E-state index is -0.843. The molecule has 1 aromatic heterocycles. The number of hydrogen-bond donors (Lipinski definition) is 2. The molecular formula is C21H21ClN2O3. The van der Waals surface area contributed by atoms with E-state index in [1.54, 1.807) is 7.11 Å². The summed E-state index contributed by atoms with van der Waals surface area (Å²) < 4.78 is 7.53. The molecule has 0 aliphatic carbocycles. The van der Waals surface area contributed by atoms with Crippen LogP contribution in [-0.2, 0) is 24.1 Å². The minimum Gasteiger partial charge on any atom is -0.496 e. The Kier molecular flexibility index (Phi) is 4.58. The zero-order valence-corrected chi connectivity index (χ0v) is 16.0. The standard InChI is InChI=1S/C21H21ClN2O3/c1-24-17-6-4-3-5-14(17)15-10-16(21(25)26)23-19(20(15)24)12-7-8-18(27-2)13(9-12)11-22/h3-9,16,19,23H,10-11H2,1-2H3,(H,25,26)/t16-,19?/m0/s1. The van der Waals surface area contributed by atoms with E-state index < -0.39 is 12.0 Å². The fourth-order valence-corrected chi connectivity index (χ4v) is 4.32. The number of para-hydroxylation sites is 1. The number of aromatic nitrogens is 1. The van der Waals surface area contributed by atoms with Crippen molar-refractivity contribution < 1.29 is 14.6 Å². The molecule has 0 saturated carbocycles. The number of rotatable bonds is 4. The average molecular weight is 385 g/mol. The molecule has 6 heteroatoms. The molecule has 2 N–H and O–H groups in total. The van der Waals surface area contributed by atoms with Gasteiger partial charge in [0.05, 0.1) is 19.0 Å². The van der Waals surface area contributed by atoms with Crippen molar-refractivity contribution in [2.24, 2.45) is 7.05 Å². The van der Waals surface area contributed by atoms with Gasteiger partial charge in [-0.05, 0) is 29.3 Å². The number of halogens is 1. The monoisotopic (exact) mass is 384 g/mol. The maximum absolute atomic E-state index is 11.8. The number of nitrogens with one attached hydrogen (secondary N) is 1. The Hall–Kier alpha value is -2.50. The molecule has 140 valence electrons. The van der Waals surface area contributed by atoms with Crippen LogP contribution in [0.25, 0.3) is 10.9 Å². The summed E-state index contributed by atoms with van der Waals surface area (Å²) in [7, 11) is 3.65. The Balaban J connectivity index is 1.92. The van der Waals surface area contributed by atoms with Crippen LogP contribution in [0.2, 0.25) is 0 Å². The molecule has 0 bridgehead atoms. The van der Waals surface area contributed by atoms with Crippen LogP contribution in [-0.4, -0.2) is 28.8 Å². The lowest BCUT2D eigenvalue weighted by molar-refractivity contribution is -0.139. The van der Waals surface area contributed by atoms with E-state index in [2.05, 4.69) is 22.0 Å². The second-order valence-corrected chi connectivity index (χ2v) is 7.11. The Bertz CT molecular complexity index is 1030. The number of aliphatic carboxylic acids is 1. The molecule has 0 fully saturated rings. The van der Waals surface area contributed by atoms with Crippen molar-refractivity contribution in [1.82, 2.24) is 9.88 Å². The molecule has 2 atom stereocenters. The van der Waals surface area contributed by atoms with Crippen LogP contribution in [0.1, 0.15) is 28.4 Å². The van der Waals surface area contributed by atoms with Crippen LogP contribution < -0.4 is 10.1 Å². The first-order chi connectivity index (χ1) is 13.0. The second-order valence-electron chi connectivity index (χ2n) is 6.84. The molecule has 0 saturated heterocycles. The van der Waals surface area contributed by atoms with E-state index in [1.807, 2.05) is 37.4 Å². The Morgan fingerprint density at radius 3 is 2.81 bits per heavy atom. The van der Waals surface area contributed by atoms with Crippen LogP contribution in [0.5, 0.6) is 5.75 Å². The van der Waals surface area contributed by atoms with E-state index >= 15 is 0 Å². The lowest BCUT2D eigenvalue weighted by Gasteiger charge is -2.31. The van der Waals surface area contributed by atoms with Gasteiger partial charge in [-0.2, -0.15) is 0 Å². The third kappa shape index (κ3) is 2.87. The topological polar surface area (TPSA) is 63.5 Å². The lowest BCUT2D eigenvalue weighted by Crippen LogP contribution is -2.45. The third-order valence-corrected chi connectivity index (χ3v) is 5.68. The quantitative estimate of drug-likeness (QED) is 0.674. The lowest BCUT2D eigenvalue weighted by atomic mass is 9.89. The summed E-state index contributed by atoms with van der Waals surface area (Å²) in [6.07, 6.45) is 0.459. The van der Waals surface area contributed by atoms with Crippen LogP contribution in [0.4, 0.5) is 0 Å². The van der Waals surface area contributed by atoms with Gasteiger partial charge in [0.1, 0.15) is 11.8 Å². The van der Waals surface area contributed by atoms with Crippen molar-refractivity contribution in [2.75, 3.05) is 7.11 Å². The van der Waals surface area contributed by atoms with E-state index in [9.17, 15) is 9.90 Å². The summed E-state index contributed by atoms with van der Waals surface area (Å²) in [4.78, 5) is 11.8. The van der Waals surface area contributed by atoms with Crippen molar-refractivity contribution in [2.45, 2.75) is 24.4 Å². The Morgan fingerprint density at radius 2 is 2.11 bits per heavy atom. The number of ether oxygens (including phenoxy) is 1. The van der Waals surface area contributed by atoms with Crippen molar-refractivity contribution in [3.05, 3.63) is 64.8 Å². The molecule has 3 aromatic rings. The first kappa shape index (κ1) is 17.9. The summed E-state index contributed by atoms with van der Waals surface area (Å²) in [5, 5.41) is 14.1. The smallest absolute Gasteiger partial charge is 0.321 e. The van der Waals surface area contributed by atoms with Gasteiger partial charge in [-0.1, -0.05) is 24.3 Å². The molecule has 0 amide bonds. The molecule has 4 rings (SSSR count).